The number of benzene rings is 1. The lowest BCUT2D eigenvalue weighted by atomic mass is 9.96. The summed E-state index contributed by atoms with van der Waals surface area (Å²) < 4.78 is 13.0. The lowest BCUT2D eigenvalue weighted by Crippen LogP contribution is -2.38. The molecular weight excluding hydrogens is 432 g/mol. The largest absolute Gasteiger partial charge is 0.459 e. The van der Waals surface area contributed by atoms with Gasteiger partial charge in [0, 0.05) is 25.1 Å². The van der Waals surface area contributed by atoms with Crippen LogP contribution in [0.25, 0.3) is 11.7 Å². The Hall–Kier alpha value is -4.32. The van der Waals surface area contributed by atoms with Gasteiger partial charge in [-0.3, -0.25) is 4.79 Å². The number of nitriles is 1. The van der Waals surface area contributed by atoms with Crippen LogP contribution in [-0.2, 0) is 11.3 Å². The van der Waals surface area contributed by atoms with Gasteiger partial charge in [-0.15, -0.1) is 0 Å². The molecule has 0 atom stereocenters. The number of hydrogen-bond acceptors (Lipinski definition) is 7. The molecule has 4 aromatic rings. The van der Waals surface area contributed by atoms with Gasteiger partial charge in [-0.25, -0.2) is 4.68 Å². The number of aromatic nitrogens is 3. The molecule has 0 bridgehead atoms. The molecule has 0 spiro atoms. The highest BCUT2D eigenvalue weighted by atomic mass is 16.4. The van der Waals surface area contributed by atoms with E-state index < -0.39 is 0 Å². The van der Waals surface area contributed by atoms with E-state index in [1.807, 2.05) is 52.9 Å². The molecule has 1 aromatic carbocycles. The summed E-state index contributed by atoms with van der Waals surface area (Å²) in [4.78, 5) is 19.3. The molecule has 1 aliphatic rings. The highest BCUT2D eigenvalue weighted by Crippen LogP contribution is 2.31. The quantitative estimate of drug-likeness (QED) is 0.462. The first-order valence-corrected chi connectivity index (χ1v) is 11.2. The number of oxazole rings is 1. The second kappa shape index (κ2) is 9.27. The molecule has 4 heterocycles. The second-order valence-electron chi connectivity index (χ2n) is 8.33. The first kappa shape index (κ1) is 21.5. The minimum absolute atomic E-state index is 0.0248. The van der Waals surface area contributed by atoms with Crippen molar-refractivity contribution in [2.45, 2.75) is 26.3 Å². The summed E-state index contributed by atoms with van der Waals surface area (Å²) in [6.45, 7) is 3.67. The number of aryl methyl sites for hydroxylation is 1. The molecule has 34 heavy (non-hydrogen) atoms. The molecular formula is C25H24N6O3. The van der Waals surface area contributed by atoms with Crippen molar-refractivity contribution in [3.8, 4) is 17.7 Å². The summed E-state index contributed by atoms with van der Waals surface area (Å²) in [6.07, 6.45) is 2.81. The Morgan fingerprint density at radius 3 is 2.71 bits per heavy atom. The number of furan rings is 1. The van der Waals surface area contributed by atoms with E-state index in [0.29, 0.717) is 49.9 Å². The number of rotatable bonds is 6. The monoisotopic (exact) mass is 456 g/mol. The summed E-state index contributed by atoms with van der Waals surface area (Å²) in [5.74, 6) is 1.69. The van der Waals surface area contributed by atoms with E-state index in [0.717, 1.165) is 11.3 Å². The zero-order valence-electron chi connectivity index (χ0n) is 18.8. The molecule has 0 aliphatic carbocycles. The maximum atomic E-state index is 13.0. The molecule has 0 radical (unpaired) electrons. The molecule has 1 amide bonds. The molecule has 1 N–H and O–H groups in total. The van der Waals surface area contributed by atoms with E-state index in [1.54, 1.807) is 12.1 Å². The SMILES string of the molecule is Cc1cc(NC(=O)C2CCN(c3oc(-c4ccco4)nc3C#N)CC2)n(Cc2ccccc2)n1. The summed E-state index contributed by atoms with van der Waals surface area (Å²) >= 11 is 0. The molecule has 3 aromatic heterocycles. The Balaban J connectivity index is 1.23. The Kier molecular flexibility index (Phi) is 5.87. The third-order valence-electron chi connectivity index (χ3n) is 5.93. The fourth-order valence-corrected chi connectivity index (χ4v) is 4.20. The average molecular weight is 457 g/mol. The fraction of sp³-hybridized carbons (Fsp3) is 0.280. The highest BCUT2D eigenvalue weighted by molar-refractivity contribution is 5.92. The lowest BCUT2D eigenvalue weighted by molar-refractivity contribution is -0.120. The average Bonchev–Trinajstić information content (AvgIpc) is 3.60. The van der Waals surface area contributed by atoms with Gasteiger partial charge in [0.15, 0.2) is 5.76 Å². The van der Waals surface area contributed by atoms with Crippen LogP contribution in [0, 0.1) is 24.2 Å². The fourth-order valence-electron chi connectivity index (χ4n) is 4.20. The van der Waals surface area contributed by atoms with Crippen molar-refractivity contribution in [2.24, 2.45) is 5.92 Å². The number of hydrogen-bond donors (Lipinski definition) is 1. The van der Waals surface area contributed by atoms with E-state index in [9.17, 15) is 10.1 Å². The first-order valence-electron chi connectivity index (χ1n) is 11.2. The number of nitrogens with one attached hydrogen (secondary N) is 1. The van der Waals surface area contributed by atoms with Crippen molar-refractivity contribution in [1.29, 1.82) is 5.26 Å². The molecule has 1 saturated heterocycles. The van der Waals surface area contributed by atoms with Gasteiger partial charge in [0.05, 0.1) is 18.5 Å². The molecule has 9 heteroatoms. The molecule has 5 rings (SSSR count). The van der Waals surface area contributed by atoms with Crippen LogP contribution in [0.5, 0.6) is 0 Å². The number of piperidine rings is 1. The van der Waals surface area contributed by atoms with E-state index in [-0.39, 0.29) is 23.4 Å². The zero-order valence-corrected chi connectivity index (χ0v) is 18.8. The van der Waals surface area contributed by atoms with Gasteiger partial charge in [0.2, 0.25) is 17.5 Å². The Bertz CT molecular complexity index is 1310. The molecule has 0 unspecified atom stereocenters. The van der Waals surface area contributed by atoms with Crippen molar-refractivity contribution in [2.75, 3.05) is 23.3 Å². The third kappa shape index (κ3) is 4.43. The number of carbonyl (C=O) groups is 1. The standard InChI is InChI=1S/C25H24N6O3/c1-17-14-22(31(29-17)16-18-6-3-2-4-7-18)28-23(32)19-9-11-30(12-10-19)25-20(15-26)27-24(34-25)21-8-5-13-33-21/h2-8,13-14,19H,9-12,16H2,1H3,(H,28,32). The smallest absolute Gasteiger partial charge is 0.266 e. The molecule has 0 saturated carbocycles. The van der Waals surface area contributed by atoms with Crippen molar-refractivity contribution in [1.82, 2.24) is 14.8 Å². The van der Waals surface area contributed by atoms with Crippen LogP contribution in [0.4, 0.5) is 11.7 Å². The molecule has 1 fully saturated rings. The number of carbonyl (C=O) groups excluding carboxylic acids is 1. The van der Waals surface area contributed by atoms with Crippen molar-refractivity contribution < 1.29 is 13.6 Å². The van der Waals surface area contributed by atoms with E-state index >= 15 is 0 Å². The van der Waals surface area contributed by atoms with Crippen LogP contribution in [-0.4, -0.2) is 33.8 Å². The third-order valence-corrected chi connectivity index (χ3v) is 5.93. The summed E-state index contributed by atoms with van der Waals surface area (Å²) in [5.41, 5.74) is 2.18. The second-order valence-corrected chi connectivity index (χ2v) is 8.33. The van der Waals surface area contributed by atoms with E-state index in [2.05, 4.69) is 21.5 Å². The molecule has 9 nitrogen and oxygen atoms in total. The Morgan fingerprint density at radius 2 is 2.00 bits per heavy atom. The minimum atomic E-state index is -0.144. The van der Waals surface area contributed by atoms with Crippen LogP contribution in [0.15, 0.2) is 63.6 Å². The van der Waals surface area contributed by atoms with Crippen LogP contribution in [0.1, 0.15) is 29.8 Å². The van der Waals surface area contributed by atoms with Gasteiger partial charge in [-0.1, -0.05) is 30.3 Å². The van der Waals surface area contributed by atoms with Gasteiger partial charge >= 0.3 is 0 Å². The zero-order chi connectivity index (χ0) is 23.5. The summed E-state index contributed by atoms with van der Waals surface area (Å²) in [5, 5.41) is 17.1. The van der Waals surface area contributed by atoms with Crippen LogP contribution < -0.4 is 10.2 Å². The maximum absolute atomic E-state index is 13.0. The lowest BCUT2D eigenvalue weighted by Gasteiger charge is -2.30. The van der Waals surface area contributed by atoms with Crippen molar-refractivity contribution in [3.05, 3.63) is 71.7 Å². The highest BCUT2D eigenvalue weighted by Gasteiger charge is 2.29. The van der Waals surface area contributed by atoms with E-state index in [4.69, 9.17) is 8.83 Å². The van der Waals surface area contributed by atoms with E-state index in [1.165, 1.54) is 6.26 Å². The normalized spacial score (nSPS) is 14.2. The Morgan fingerprint density at radius 1 is 1.21 bits per heavy atom. The number of amides is 1. The maximum Gasteiger partial charge on any atom is 0.266 e. The van der Waals surface area contributed by atoms with Crippen molar-refractivity contribution in [3.63, 3.8) is 0 Å². The molecule has 1 aliphatic heterocycles. The Labute approximate surface area is 196 Å². The van der Waals surface area contributed by atoms with Crippen LogP contribution in [0.2, 0.25) is 0 Å². The van der Waals surface area contributed by atoms with Gasteiger partial charge in [0.25, 0.3) is 5.89 Å². The number of nitrogens with zero attached hydrogens (tertiary/aromatic N) is 5. The minimum Gasteiger partial charge on any atom is -0.459 e. The predicted octanol–water partition coefficient (Wildman–Crippen LogP) is 4.21. The van der Waals surface area contributed by atoms with Crippen LogP contribution >= 0.6 is 0 Å². The van der Waals surface area contributed by atoms with Gasteiger partial charge in [-0.2, -0.15) is 15.3 Å². The summed E-state index contributed by atoms with van der Waals surface area (Å²) in [6, 6.07) is 17.5. The molecule has 172 valence electrons. The van der Waals surface area contributed by atoms with Gasteiger partial charge in [0.1, 0.15) is 11.9 Å². The topological polar surface area (TPSA) is 113 Å². The number of anilines is 2. The van der Waals surface area contributed by atoms with Crippen LogP contribution in [0.3, 0.4) is 0 Å². The van der Waals surface area contributed by atoms with Gasteiger partial charge < -0.3 is 19.1 Å². The van der Waals surface area contributed by atoms with Gasteiger partial charge in [-0.05, 0) is 37.5 Å². The summed E-state index contributed by atoms with van der Waals surface area (Å²) in [7, 11) is 0. The van der Waals surface area contributed by atoms with Crippen molar-refractivity contribution >= 4 is 17.6 Å². The first-order chi connectivity index (χ1) is 16.6. The predicted molar refractivity (Wildman–Crippen MR) is 125 cm³/mol.